The normalized spacial score (nSPS) is 13.0. The first kappa shape index (κ1) is 21.2. The van der Waals surface area contributed by atoms with Crippen molar-refractivity contribution in [3.05, 3.63) is 133 Å². The Labute approximate surface area is 230 Å². The third kappa shape index (κ3) is 2.88. The van der Waals surface area contributed by atoms with Crippen LogP contribution >= 0.6 is 11.8 Å². The van der Waals surface area contributed by atoms with Crippen LogP contribution in [0.2, 0.25) is 0 Å². The molecular weight excluding hydrogens is 492 g/mol. The van der Waals surface area contributed by atoms with Crippen molar-refractivity contribution in [2.75, 3.05) is 4.90 Å². The van der Waals surface area contributed by atoms with E-state index in [0.717, 1.165) is 0 Å². The van der Waals surface area contributed by atoms with Gasteiger partial charge in [-0.15, -0.1) is 0 Å². The van der Waals surface area contributed by atoms with Crippen LogP contribution in [0.4, 0.5) is 17.1 Å². The van der Waals surface area contributed by atoms with Gasteiger partial charge in [-0.2, -0.15) is 0 Å². The highest BCUT2D eigenvalue weighted by Gasteiger charge is 2.32. The first-order valence-corrected chi connectivity index (χ1v) is 14.1. The third-order valence-electron chi connectivity index (χ3n) is 8.12. The smallest absolute Gasteiger partial charge is 0.0680 e. The van der Waals surface area contributed by atoms with Crippen molar-refractivity contribution in [2.45, 2.75) is 9.79 Å². The van der Waals surface area contributed by atoms with Crippen LogP contribution in [-0.4, -0.2) is 4.57 Å². The summed E-state index contributed by atoms with van der Waals surface area (Å²) in [5.74, 6) is 0. The fraction of sp³-hybridized carbons (Fsp3) is 0. The van der Waals surface area contributed by atoms with E-state index in [2.05, 4.69) is 143 Å². The summed E-state index contributed by atoms with van der Waals surface area (Å²) in [5.41, 5.74) is 12.5. The van der Waals surface area contributed by atoms with Crippen LogP contribution in [0.15, 0.2) is 143 Å². The maximum Gasteiger partial charge on any atom is 0.0680 e. The van der Waals surface area contributed by atoms with Gasteiger partial charge in [-0.1, -0.05) is 103 Å². The summed E-state index contributed by atoms with van der Waals surface area (Å²) in [6, 6.07) is 48.8. The van der Waals surface area contributed by atoms with Crippen LogP contribution in [0.5, 0.6) is 0 Å². The Morgan fingerprint density at radius 2 is 1.05 bits per heavy atom. The minimum atomic E-state index is 1.18. The van der Waals surface area contributed by atoms with Gasteiger partial charge in [0.15, 0.2) is 0 Å². The summed E-state index contributed by atoms with van der Waals surface area (Å²) in [4.78, 5) is 5.03. The molecular formula is C36H22N2S. The molecule has 0 radical (unpaired) electrons. The van der Waals surface area contributed by atoms with E-state index >= 15 is 0 Å². The lowest BCUT2D eigenvalue weighted by Gasteiger charge is -2.34. The van der Waals surface area contributed by atoms with Gasteiger partial charge >= 0.3 is 0 Å². The van der Waals surface area contributed by atoms with Gasteiger partial charge in [-0.05, 0) is 53.6 Å². The van der Waals surface area contributed by atoms with Gasteiger partial charge in [0.25, 0.3) is 0 Å². The van der Waals surface area contributed by atoms with Crippen LogP contribution < -0.4 is 4.90 Å². The molecule has 7 aromatic rings. The SMILES string of the molecule is c1ccc2c(c1)-c1ccccc1N1c3ccc(-n4c5ccccc5c5ccccc54)cc3Sc3cccc-2c31. The second-order valence-corrected chi connectivity index (χ2v) is 11.3. The number of hydrogen-bond donors (Lipinski definition) is 0. The number of para-hydroxylation sites is 4. The van der Waals surface area contributed by atoms with E-state index in [-0.39, 0.29) is 0 Å². The van der Waals surface area contributed by atoms with Gasteiger partial charge in [-0.3, -0.25) is 0 Å². The second kappa shape index (κ2) is 7.89. The molecule has 2 aliphatic rings. The monoisotopic (exact) mass is 514 g/mol. The standard InChI is InChI=1S/C36H22N2S/c1-2-11-25-24(10-1)26-12-3-8-18-32(26)38-33-21-20-23(22-35(33)39-34-19-9-15-29(25)36(34)38)37-30-16-6-4-13-27(30)28-14-5-7-17-31(28)37/h1-22H. The van der Waals surface area contributed by atoms with E-state index in [4.69, 9.17) is 0 Å². The zero-order chi connectivity index (χ0) is 25.5. The number of hydrogen-bond acceptors (Lipinski definition) is 2. The Morgan fingerprint density at radius 1 is 0.436 bits per heavy atom. The molecule has 1 aromatic heterocycles. The molecule has 3 heteroatoms. The lowest BCUT2D eigenvalue weighted by Crippen LogP contribution is -2.16. The molecule has 6 aromatic carbocycles. The minimum absolute atomic E-state index is 1.18. The van der Waals surface area contributed by atoms with E-state index in [1.807, 2.05) is 11.8 Å². The number of rotatable bonds is 1. The molecule has 39 heavy (non-hydrogen) atoms. The van der Waals surface area contributed by atoms with Gasteiger partial charge in [0.05, 0.1) is 28.1 Å². The molecule has 3 heterocycles. The average Bonchev–Trinajstić information content (AvgIpc) is 3.27. The van der Waals surface area contributed by atoms with Gasteiger partial charge in [-0.25, -0.2) is 0 Å². The second-order valence-electron chi connectivity index (χ2n) is 10.2. The molecule has 0 spiro atoms. The molecule has 0 bridgehead atoms. The summed E-state index contributed by atoms with van der Waals surface area (Å²) < 4.78 is 2.41. The van der Waals surface area contributed by atoms with Crippen molar-refractivity contribution in [1.29, 1.82) is 0 Å². The fourth-order valence-electron chi connectivity index (χ4n) is 6.50. The predicted molar refractivity (Wildman–Crippen MR) is 164 cm³/mol. The van der Waals surface area contributed by atoms with Crippen LogP contribution in [-0.2, 0) is 0 Å². The largest absolute Gasteiger partial charge is 0.309 e. The number of aromatic nitrogens is 1. The molecule has 182 valence electrons. The highest BCUT2D eigenvalue weighted by Crippen LogP contribution is 2.59. The summed E-state index contributed by atoms with van der Waals surface area (Å²) in [6.45, 7) is 0. The van der Waals surface area contributed by atoms with Crippen LogP contribution in [0.25, 0.3) is 49.7 Å². The number of benzene rings is 6. The Bertz CT molecular complexity index is 2070. The molecule has 0 saturated heterocycles. The maximum absolute atomic E-state index is 2.49. The van der Waals surface area contributed by atoms with Crippen molar-refractivity contribution in [3.63, 3.8) is 0 Å². The van der Waals surface area contributed by atoms with E-state index in [1.54, 1.807) is 0 Å². The van der Waals surface area contributed by atoms with Crippen LogP contribution in [0.1, 0.15) is 0 Å². The van der Waals surface area contributed by atoms with Crippen molar-refractivity contribution < 1.29 is 0 Å². The topological polar surface area (TPSA) is 8.17 Å². The van der Waals surface area contributed by atoms with Crippen LogP contribution in [0.3, 0.4) is 0 Å². The van der Waals surface area contributed by atoms with Gasteiger partial charge in [0, 0.05) is 37.4 Å². The Kier molecular flexibility index (Phi) is 4.29. The van der Waals surface area contributed by atoms with Crippen LogP contribution in [0, 0.1) is 0 Å². The van der Waals surface area contributed by atoms with Crippen molar-refractivity contribution in [1.82, 2.24) is 4.57 Å². The third-order valence-corrected chi connectivity index (χ3v) is 9.21. The zero-order valence-corrected chi connectivity index (χ0v) is 21.8. The molecule has 0 N–H and O–H groups in total. The molecule has 0 atom stereocenters. The molecule has 0 amide bonds. The fourth-order valence-corrected chi connectivity index (χ4v) is 7.63. The molecule has 0 aliphatic carbocycles. The Balaban J connectivity index is 1.32. The summed E-state index contributed by atoms with van der Waals surface area (Å²) in [6.07, 6.45) is 0. The lowest BCUT2D eigenvalue weighted by atomic mass is 9.95. The maximum atomic E-state index is 2.49. The number of nitrogens with zero attached hydrogens (tertiary/aromatic N) is 2. The number of fused-ring (bicyclic) bond motifs is 10. The molecule has 0 unspecified atom stereocenters. The van der Waals surface area contributed by atoms with Gasteiger partial charge in [0.2, 0.25) is 0 Å². The van der Waals surface area contributed by atoms with Crippen molar-refractivity contribution in [2.24, 2.45) is 0 Å². The van der Waals surface area contributed by atoms with Gasteiger partial charge in [0.1, 0.15) is 0 Å². The Morgan fingerprint density at radius 3 is 1.82 bits per heavy atom. The highest BCUT2D eigenvalue weighted by atomic mass is 32.2. The van der Waals surface area contributed by atoms with Gasteiger partial charge < -0.3 is 9.47 Å². The number of anilines is 3. The highest BCUT2D eigenvalue weighted by molar-refractivity contribution is 7.99. The van der Waals surface area contributed by atoms with E-state index < -0.39 is 0 Å². The summed E-state index contributed by atoms with van der Waals surface area (Å²) in [5, 5.41) is 2.57. The predicted octanol–water partition coefficient (Wildman–Crippen LogP) is 10.4. The quantitative estimate of drug-likeness (QED) is 0.215. The van der Waals surface area contributed by atoms with E-state index in [9.17, 15) is 0 Å². The first-order valence-electron chi connectivity index (χ1n) is 13.3. The van der Waals surface area contributed by atoms with Crippen molar-refractivity contribution >= 4 is 50.6 Å². The van der Waals surface area contributed by atoms with E-state index in [1.165, 1.54) is 76.6 Å². The summed E-state index contributed by atoms with van der Waals surface area (Å²) >= 11 is 1.88. The summed E-state index contributed by atoms with van der Waals surface area (Å²) in [7, 11) is 0. The molecule has 9 rings (SSSR count). The molecule has 2 nitrogen and oxygen atoms in total. The average molecular weight is 515 g/mol. The van der Waals surface area contributed by atoms with Crippen molar-refractivity contribution in [3.8, 4) is 27.9 Å². The Hall–Kier alpha value is -4.73. The molecule has 2 aliphatic heterocycles. The lowest BCUT2D eigenvalue weighted by molar-refractivity contribution is 1.13. The zero-order valence-electron chi connectivity index (χ0n) is 21.0. The minimum Gasteiger partial charge on any atom is -0.309 e. The van der Waals surface area contributed by atoms with E-state index in [0.29, 0.717) is 0 Å². The molecule has 0 saturated carbocycles. The molecule has 0 fully saturated rings. The first-order chi connectivity index (χ1) is 19.4.